The molecule has 0 aromatic heterocycles. The van der Waals surface area contributed by atoms with E-state index in [1.807, 2.05) is 0 Å². The second kappa shape index (κ2) is 4.94. The minimum atomic E-state index is -1.37. The Morgan fingerprint density at radius 2 is 2.06 bits per heavy atom. The summed E-state index contributed by atoms with van der Waals surface area (Å²) < 4.78 is 4.10. The van der Waals surface area contributed by atoms with Gasteiger partial charge in [-0.2, -0.15) is 0 Å². The molecule has 0 spiro atoms. The molecule has 0 aliphatic heterocycles. The third kappa shape index (κ3) is 2.04. The third-order valence-corrected chi connectivity index (χ3v) is 10.0. The first-order valence-corrected chi connectivity index (χ1v) is 9.60. The van der Waals surface area contributed by atoms with Crippen LogP contribution < -0.4 is 0 Å². The maximum absolute atomic E-state index is 2.45. The normalized spacial score (nSPS) is 20.4. The molecule has 0 heterocycles. The van der Waals surface area contributed by atoms with E-state index in [9.17, 15) is 0 Å². The molecule has 2 aliphatic rings. The van der Waals surface area contributed by atoms with Crippen molar-refractivity contribution in [1.29, 1.82) is 0 Å². The molecule has 0 saturated heterocycles. The Morgan fingerprint density at radius 1 is 1.22 bits per heavy atom. The average molecular weight is 318 g/mol. The zero-order valence-corrected chi connectivity index (χ0v) is 12.9. The van der Waals surface area contributed by atoms with Gasteiger partial charge in [0.15, 0.2) is 0 Å². The van der Waals surface area contributed by atoms with Gasteiger partial charge in [-0.15, -0.1) is 0 Å². The Kier molecular flexibility index (Phi) is 3.31. The Hall–Kier alpha value is -1.00. The van der Waals surface area contributed by atoms with Gasteiger partial charge in [0.25, 0.3) is 0 Å². The summed E-state index contributed by atoms with van der Waals surface area (Å²) in [5, 5.41) is 0. The fourth-order valence-electron chi connectivity index (χ4n) is 2.69. The molecule has 0 N–H and O–H groups in total. The maximum atomic E-state index is 2.45. The van der Waals surface area contributed by atoms with Crippen molar-refractivity contribution in [3.63, 3.8) is 0 Å². The molecule has 1 heteroatoms. The number of hydrogen-bond donors (Lipinski definition) is 0. The summed E-state index contributed by atoms with van der Waals surface area (Å²) >= 11 is -1.37. The molecule has 2 aliphatic carbocycles. The van der Waals surface area contributed by atoms with Crippen LogP contribution >= 0.6 is 0 Å². The first kappa shape index (κ1) is 12.1. The summed E-state index contributed by atoms with van der Waals surface area (Å²) in [5.74, 6) is 0. The molecule has 0 fully saturated rings. The summed E-state index contributed by atoms with van der Waals surface area (Å²) in [5.41, 5.74) is 2.99. The molecule has 0 radical (unpaired) electrons. The van der Waals surface area contributed by atoms with Gasteiger partial charge in [0.2, 0.25) is 0 Å². The van der Waals surface area contributed by atoms with Crippen molar-refractivity contribution >= 4 is 9.97 Å². The fraction of sp³-hybridized carbons (Fsp3) is 0.235. The molecule has 1 aromatic carbocycles. The second-order valence-electron chi connectivity index (χ2n) is 4.92. The fourth-order valence-corrected chi connectivity index (χ4v) is 8.99. The molecular weight excluding hydrogens is 300 g/mol. The molecule has 1 atom stereocenters. The van der Waals surface area contributed by atoms with Gasteiger partial charge in [-0.25, -0.2) is 0 Å². The van der Waals surface area contributed by atoms with Crippen LogP contribution in [0.25, 0.3) is 6.08 Å². The van der Waals surface area contributed by atoms with Crippen molar-refractivity contribution in [1.82, 2.24) is 0 Å². The Bertz CT molecular complexity index is 596. The first-order chi connectivity index (χ1) is 8.77. The molecule has 0 saturated carbocycles. The van der Waals surface area contributed by atoms with Crippen molar-refractivity contribution in [2.45, 2.75) is 24.6 Å². The van der Waals surface area contributed by atoms with Crippen molar-refractivity contribution in [2.24, 2.45) is 0 Å². The number of fused-ring (bicyclic) bond motifs is 1. The predicted molar refractivity (Wildman–Crippen MR) is 76.4 cm³/mol. The van der Waals surface area contributed by atoms with E-state index in [0.29, 0.717) is 4.31 Å². The van der Waals surface area contributed by atoms with Crippen LogP contribution in [-0.4, -0.2) is 3.90 Å². The predicted octanol–water partition coefficient (Wildman–Crippen LogP) is 4.43. The summed E-state index contributed by atoms with van der Waals surface area (Å²) in [7, 11) is 0. The zero-order valence-electron chi connectivity index (χ0n) is 10.9. The molecule has 18 heavy (non-hydrogen) atoms. The summed E-state index contributed by atoms with van der Waals surface area (Å²) in [6.45, 7) is 4.68. The number of allylic oxidation sites excluding steroid dienone is 5. The molecule has 1 aromatic rings. The molecular formula is C17H18Mo. The van der Waals surface area contributed by atoms with Gasteiger partial charge >= 0.3 is 115 Å². The van der Waals surface area contributed by atoms with E-state index in [1.54, 1.807) is 13.4 Å². The van der Waals surface area contributed by atoms with Crippen LogP contribution in [0.1, 0.15) is 35.7 Å². The van der Waals surface area contributed by atoms with Gasteiger partial charge in [-0.3, -0.25) is 0 Å². The van der Waals surface area contributed by atoms with Gasteiger partial charge in [0.1, 0.15) is 0 Å². The van der Waals surface area contributed by atoms with Crippen molar-refractivity contribution in [3.8, 4) is 0 Å². The van der Waals surface area contributed by atoms with Crippen LogP contribution in [0, 0.1) is 0 Å². The van der Waals surface area contributed by atoms with E-state index >= 15 is 0 Å². The molecule has 0 amide bonds. The van der Waals surface area contributed by atoms with E-state index in [0.717, 1.165) is 0 Å². The number of rotatable bonds is 2. The molecule has 0 bridgehead atoms. The average Bonchev–Trinajstić information content (AvgIpc) is 3.00. The van der Waals surface area contributed by atoms with Gasteiger partial charge < -0.3 is 0 Å². The van der Waals surface area contributed by atoms with Crippen molar-refractivity contribution < 1.29 is 16.9 Å². The topological polar surface area (TPSA) is 0 Å². The molecule has 0 nitrogen and oxygen atoms in total. The van der Waals surface area contributed by atoms with Crippen molar-refractivity contribution in [2.75, 3.05) is 0 Å². The quantitative estimate of drug-likeness (QED) is 0.708. The van der Waals surface area contributed by atoms with Gasteiger partial charge in [-0.1, -0.05) is 0 Å². The zero-order chi connectivity index (χ0) is 12.5. The van der Waals surface area contributed by atoms with E-state index in [2.05, 4.69) is 68.5 Å². The van der Waals surface area contributed by atoms with Crippen molar-refractivity contribution in [3.05, 3.63) is 63.7 Å². The van der Waals surface area contributed by atoms with Gasteiger partial charge in [-0.05, 0) is 0 Å². The summed E-state index contributed by atoms with van der Waals surface area (Å²) in [6, 6.07) is 8.89. The Labute approximate surface area is 115 Å². The van der Waals surface area contributed by atoms with Gasteiger partial charge in [0, 0.05) is 0 Å². The van der Waals surface area contributed by atoms with Crippen LogP contribution in [-0.2, 0) is 16.9 Å². The van der Waals surface area contributed by atoms with E-state index in [-0.39, 0.29) is 0 Å². The SMILES string of the molecule is C[C](C)=[Mo]([C]1=CC=CC1)[CH]1C=Cc2ccccc21. The molecule has 3 rings (SSSR count). The Balaban J connectivity index is 2.05. The summed E-state index contributed by atoms with van der Waals surface area (Å²) in [6.07, 6.45) is 12.9. The van der Waals surface area contributed by atoms with Crippen LogP contribution in [0.2, 0.25) is 0 Å². The van der Waals surface area contributed by atoms with Crippen LogP contribution in [0.15, 0.2) is 52.5 Å². The van der Waals surface area contributed by atoms with Crippen LogP contribution in [0.4, 0.5) is 0 Å². The van der Waals surface area contributed by atoms with Gasteiger partial charge in [0.05, 0.1) is 0 Å². The number of benzene rings is 1. The summed E-state index contributed by atoms with van der Waals surface area (Å²) in [4.78, 5) is 0. The third-order valence-electron chi connectivity index (χ3n) is 3.47. The standard InChI is InChI=1S/C9H7.C5H5.C3H6.Mo/c1-2-5-9-7-3-6-8(9)4-1;1-2-4-5-3-1;1-3-2;/h1-7H;1-3H,4H2;1-2H3;. The van der Waals surface area contributed by atoms with E-state index < -0.39 is 16.9 Å². The number of hydrogen-bond acceptors (Lipinski definition) is 0. The monoisotopic (exact) mass is 320 g/mol. The van der Waals surface area contributed by atoms with Crippen LogP contribution in [0.5, 0.6) is 0 Å². The van der Waals surface area contributed by atoms with E-state index in [4.69, 9.17) is 0 Å². The molecule has 1 unspecified atom stereocenters. The second-order valence-corrected chi connectivity index (χ2v) is 11.1. The first-order valence-electron chi connectivity index (χ1n) is 6.43. The minimum absolute atomic E-state index is 0.695. The Morgan fingerprint density at radius 3 is 2.78 bits per heavy atom. The van der Waals surface area contributed by atoms with E-state index in [1.165, 1.54) is 12.0 Å². The molecule has 92 valence electrons. The van der Waals surface area contributed by atoms with Crippen LogP contribution in [0.3, 0.4) is 0 Å².